The number of hydrogen-bond donors (Lipinski definition) is 0. The Labute approximate surface area is 173 Å². The average Bonchev–Trinajstić information content (AvgIpc) is 3.26. The Kier molecular flexibility index (Phi) is 6.11. The molecule has 29 heavy (non-hydrogen) atoms. The first-order valence-corrected chi connectivity index (χ1v) is 10.2. The first-order chi connectivity index (χ1) is 14.3. The Hall–Kier alpha value is -3.26. The number of unbranched alkanes of at least 4 members (excludes halogenated alkanes) is 1. The number of fused-ring (bicyclic) bond motifs is 1. The molecule has 0 saturated carbocycles. The van der Waals surface area contributed by atoms with Gasteiger partial charge >= 0.3 is 0 Å². The van der Waals surface area contributed by atoms with Gasteiger partial charge in [0.05, 0.1) is 13.2 Å². The van der Waals surface area contributed by atoms with Crippen LogP contribution in [0.1, 0.15) is 58.7 Å². The normalized spacial score (nSPS) is 11.8. The maximum Gasteiger partial charge on any atom is 0.0737 e. The van der Waals surface area contributed by atoms with Crippen molar-refractivity contribution in [2.24, 2.45) is 0 Å². The third-order valence-corrected chi connectivity index (χ3v) is 5.14. The first kappa shape index (κ1) is 19.1. The van der Waals surface area contributed by atoms with Gasteiger partial charge in [0.15, 0.2) is 0 Å². The highest BCUT2D eigenvalue weighted by atomic mass is 16.5. The molecule has 3 aromatic rings. The van der Waals surface area contributed by atoms with Crippen LogP contribution in [0.2, 0.25) is 0 Å². The lowest BCUT2D eigenvalue weighted by Crippen LogP contribution is -2.01. The summed E-state index contributed by atoms with van der Waals surface area (Å²) < 4.78 is 5.82. The van der Waals surface area contributed by atoms with E-state index < -0.39 is 0 Å². The molecule has 0 atom stereocenters. The summed E-state index contributed by atoms with van der Waals surface area (Å²) in [7, 11) is 0. The topological polar surface area (TPSA) is 9.23 Å². The van der Waals surface area contributed by atoms with Gasteiger partial charge in [-0.2, -0.15) is 0 Å². The summed E-state index contributed by atoms with van der Waals surface area (Å²) in [6.07, 6.45) is 3.32. The van der Waals surface area contributed by atoms with Gasteiger partial charge in [-0.05, 0) is 48.7 Å². The molecule has 0 radical (unpaired) electrons. The van der Waals surface area contributed by atoms with Gasteiger partial charge < -0.3 is 4.74 Å². The first-order valence-electron chi connectivity index (χ1n) is 10.2. The molecule has 1 aliphatic rings. The highest BCUT2D eigenvalue weighted by molar-refractivity contribution is 5.60. The zero-order chi connectivity index (χ0) is 19.9. The molecule has 3 aromatic carbocycles. The monoisotopic (exact) mass is 376 g/mol. The number of ether oxygens (including phenoxy) is 1. The summed E-state index contributed by atoms with van der Waals surface area (Å²) in [5.74, 6) is 13.5. The van der Waals surface area contributed by atoms with E-state index in [1.54, 1.807) is 0 Å². The van der Waals surface area contributed by atoms with Gasteiger partial charge in [-0.15, -0.1) is 0 Å². The molecule has 0 aromatic heterocycles. The molecule has 0 unspecified atom stereocenters. The van der Waals surface area contributed by atoms with Gasteiger partial charge in [-0.3, -0.25) is 0 Å². The van der Waals surface area contributed by atoms with Gasteiger partial charge in [0.25, 0.3) is 0 Å². The van der Waals surface area contributed by atoms with Crippen molar-refractivity contribution in [3.63, 3.8) is 0 Å². The Bertz CT molecular complexity index is 1100. The van der Waals surface area contributed by atoms with E-state index in [-0.39, 0.29) is 0 Å². The van der Waals surface area contributed by atoms with E-state index in [1.165, 1.54) is 16.7 Å². The largest absolute Gasteiger partial charge is 0.372 e. The van der Waals surface area contributed by atoms with E-state index in [4.69, 9.17) is 4.74 Å². The standard InChI is InChI=1S/C28H24O/c1-2-3-14-24-19-25(17-15-22-10-6-4-7-11-22)27-20-29-21-28(27)26(24)18-16-23-12-8-5-9-13-23/h4-13,19H,2-3,14,20-21H2,1H3. The van der Waals surface area contributed by atoms with Gasteiger partial charge in [0.1, 0.15) is 0 Å². The van der Waals surface area contributed by atoms with Crippen molar-refractivity contribution in [3.05, 3.63) is 106 Å². The smallest absolute Gasteiger partial charge is 0.0737 e. The van der Waals surface area contributed by atoms with Crippen LogP contribution >= 0.6 is 0 Å². The number of hydrogen-bond acceptors (Lipinski definition) is 1. The van der Waals surface area contributed by atoms with Crippen LogP contribution in [0.5, 0.6) is 0 Å². The van der Waals surface area contributed by atoms with Crippen molar-refractivity contribution in [3.8, 4) is 23.7 Å². The molecular formula is C28H24O. The van der Waals surface area contributed by atoms with Crippen molar-refractivity contribution < 1.29 is 4.74 Å². The van der Waals surface area contributed by atoms with E-state index in [0.29, 0.717) is 13.2 Å². The van der Waals surface area contributed by atoms with Crippen molar-refractivity contribution in [1.82, 2.24) is 0 Å². The molecule has 0 spiro atoms. The van der Waals surface area contributed by atoms with Gasteiger partial charge in [0.2, 0.25) is 0 Å². The van der Waals surface area contributed by atoms with E-state index in [2.05, 4.69) is 48.8 Å². The Balaban J connectivity index is 1.79. The predicted octanol–water partition coefficient (Wildman–Crippen LogP) is 5.86. The molecule has 0 amide bonds. The van der Waals surface area contributed by atoms with Gasteiger partial charge in [-0.1, -0.05) is 73.4 Å². The number of benzene rings is 3. The highest BCUT2D eigenvalue weighted by Crippen LogP contribution is 2.30. The van der Waals surface area contributed by atoms with Crippen LogP contribution in [0, 0.1) is 23.7 Å². The van der Waals surface area contributed by atoms with Crippen LogP contribution in [0.15, 0.2) is 66.7 Å². The lowest BCUT2D eigenvalue weighted by molar-refractivity contribution is 0.134. The second-order valence-corrected chi connectivity index (χ2v) is 7.24. The third kappa shape index (κ3) is 4.60. The summed E-state index contributed by atoms with van der Waals surface area (Å²) in [4.78, 5) is 0. The molecule has 1 aliphatic heterocycles. The summed E-state index contributed by atoms with van der Waals surface area (Å²) >= 11 is 0. The molecule has 1 heteroatoms. The maximum absolute atomic E-state index is 5.82. The molecule has 0 saturated heterocycles. The zero-order valence-electron chi connectivity index (χ0n) is 16.8. The molecule has 1 nitrogen and oxygen atoms in total. The summed E-state index contributed by atoms with van der Waals surface area (Å²) in [6, 6.07) is 22.6. The molecule has 1 heterocycles. The number of aryl methyl sites for hydroxylation is 1. The van der Waals surface area contributed by atoms with Crippen molar-refractivity contribution in [1.29, 1.82) is 0 Å². The molecule has 0 bridgehead atoms. The minimum atomic E-state index is 0.613. The van der Waals surface area contributed by atoms with Gasteiger partial charge in [-0.25, -0.2) is 0 Å². The Morgan fingerprint density at radius 2 is 1.38 bits per heavy atom. The van der Waals surface area contributed by atoms with Crippen molar-refractivity contribution in [2.75, 3.05) is 0 Å². The van der Waals surface area contributed by atoms with Crippen LogP contribution in [0.25, 0.3) is 0 Å². The zero-order valence-corrected chi connectivity index (χ0v) is 16.8. The van der Waals surface area contributed by atoms with Crippen molar-refractivity contribution >= 4 is 0 Å². The summed E-state index contributed by atoms with van der Waals surface area (Å²) in [6.45, 7) is 3.46. The second kappa shape index (κ2) is 9.29. The quantitative estimate of drug-likeness (QED) is 0.520. The fraction of sp³-hybridized carbons (Fsp3) is 0.214. The fourth-order valence-corrected chi connectivity index (χ4v) is 3.57. The van der Waals surface area contributed by atoms with Crippen LogP contribution in [-0.2, 0) is 24.4 Å². The van der Waals surface area contributed by atoms with Gasteiger partial charge in [0, 0.05) is 33.4 Å². The Morgan fingerprint density at radius 3 is 2.03 bits per heavy atom. The lowest BCUT2D eigenvalue weighted by atomic mass is 9.90. The molecule has 0 N–H and O–H groups in total. The predicted molar refractivity (Wildman–Crippen MR) is 118 cm³/mol. The van der Waals surface area contributed by atoms with Crippen LogP contribution in [0.3, 0.4) is 0 Å². The lowest BCUT2D eigenvalue weighted by Gasteiger charge is -2.11. The van der Waals surface area contributed by atoms with E-state index >= 15 is 0 Å². The van der Waals surface area contributed by atoms with E-state index in [0.717, 1.165) is 41.5 Å². The average molecular weight is 376 g/mol. The fourth-order valence-electron chi connectivity index (χ4n) is 3.57. The van der Waals surface area contributed by atoms with Crippen LogP contribution < -0.4 is 0 Å². The Morgan fingerprint density at radius 1 is 0.759 bits per heavy atom. The minimum absolute atomic E-state index is 0.613. The summed E-state index contributed by atoms with van der Waals surface area (Å²) in [5.41, 5.74) is 8.00. The van der Waals surface area contributed by atoms with Crippen LogP contribution in [0.4, 0.5) is 0 Å². The summed E-state index contributed by atoms with van der Waals surface area (Å²) in [5, 5.41) is 0. The third-order valence-electron chi connectivity index (χ3n) is 5.14. The molecule has 4 rings (SSSR count). The molecule has 0 aliphatic carbocycles. The molecular weight excluding hydrogens is 352 g/mol. The SMILES string of the molecule is CCCCc1cc(C#Cc2ccccc2)c2c(c1C#Cc1ccccc1)COC2. The van der Waals surface area contributed by atoms with E-state index in [1.807, 2.05) is 48.5 Å². The van der Waals surface area contributed by atoms with E-state index in [9.17, 15) is 0 Å². The maximum atomic E-state index is 5.82. The van der Waals surface area contributed by atoms with Crippen LogP contribution in [-0.4, -0.2) is 0 Å². The molecule has 142 valence electrons. The minimum Gasteiger partial charge on any atom is -0.372 e. The second-order valence-electron chi connectivity index (χ2n) is 7.24. The van der Waals surface area contributed by atoms with Crippen molar-refractivity contribution in [2.45, 2.75) is 39.4 Å². The molecule has 0 fully saturated rings. The highest BCUT2D eigenvalue weighted by Gasteiger charge is 2.21. The number of rotatable bonds is 3.